The molecule has 1 aliphatic rings. The molecule has 0 aromatic heterocycles. The van der Waals surface area contributed by atoms with E-state index in [0.717, 1.165) is 25.7 Å². The number of benzene rings is 1. The molecular weight excluding hydrogens is 344 g/mol. The second-order valence-corrected chi connectivity index (χ2v) is 7.92. The van der Waals surface area contributed by atoms with Gasteiger partial charge in [0.05, 0.1) is 10.5 Å². The summed E-state index contributed by atoms with van der Waals surface area (Å²) in [5, 5.41) is 3.33. The first-order valence-corrected chi connectivity index (χ1v) is 9.73. The molecule has 138 valence electrons. The van der Waals surface area contributed by atoms with Gasteiger partial charge in [-0.25, -0.2) is 13.1 Å². The topological polar surface area (TPSA) is 116 Å². The van der Waals surface area contributed by atoms with Crippen LogP contribution < -0.4 is 20.9 Å². The SMILES string of the molecule is CNS(=O)(=O)c1ccc(NC2CCCCC2)c(C(=O)NNC(C)=O)c1. The second kappa shape index (κ2) is 8.30. The molecule has 25 heavy (non-hydrogen) atoms. The highest BCUT2D eigenvalue weighted by Gasteiger charge is 2.21. The number of rotatable bonds is 5. The number of hydrogen-bond acceptors (Lipinski definition) is 5. The molecule has 1 aliphatic carbocycles. The third-order valence-electron chi connectivity index (χ3n) is 4.13. The maximum atomic E-state index is 12.4. The van der Waals surface area contributed by atoms with Crippen molar-refractivity contribution in [2.75, 3.05) is 12.4 Å². The van der Waals surface area contributed by atoms with Gasteiger partial charge in [-0.05, 0) is 38.1 Å². The highest BCUT2D eigenvalue weighted by Crippen LogP contribution is 2.25. The molecule has 0 atom stereocenters. The molecule has 2 rings (SSSR count). The van der Waals surface area contributed by atoms with E-state index in [1.807, 2.05) is 0 Å². The van der Waals surface area contributed by atoms with Crippen LogP contribution in [0.4, 0.5) is 5.69 Å². The summed E-state index contributed by atoms with van der Waals surface area (Å²) in [5.41, 5.74) is 5.20. The largest absolute Gasteiger partial charge is 0.382 e. The number of carbonyl (C=O) groups is 2. The fraction of sp³-hybridized carbons (Fsp3) is 0.500. The predicted octanol–water partition coefficient (Wildman–Crippen LogP) is 1.12. The van der Waals surface area contributed by atoms with Crippen molar-refractivity contribution < 1.29 is 18.0 Å². The Morgan fingerprint density at radius 3 is 2.36 bits per heavy atom. The Balaban J connectivity index is 2.32. The maximum Gasteiger partial charge on any atom is 0.271 e. The van der Waals surface area contributed by atoms with E-state index >= 15 is 0 Å². The summed E-state index contributed by atoms with van der Waals surface area (Å²) in [6.07, 6.45) is 5.45. The molecule has 2 amide bonds. The Morgan fingerprint density at radius 1 is 1.08 bits per heavy atom. The predicted molar refractivity (Wildman–Crippen MR) is 94.5 cm³/mol. The highest BCUT2D eigenvalue weighted by molar-refractivity contribution is 7.89. The maximum absolute atomic E-state index is 12.4. The molecule has 0 bridgehead atoms. The number of anilines is 1. The highest BCUT2D eigenvalue weighted by atomic mass is 32.2. The van der Waals surface area contributed by atoms with Crippen molar-refractivity contribution in [3.63, 3.8) is 0 Å². The lowest BCUT2D eigenvalue weighted by Gasteiger charge is -2.25. The van der Waals surface area contributed by atoms with Gasteiger partial charge in [0.2, 0.25) is 15.9 Å². The first-order valence-electron chi connectivity index (χ1n) is 8.24. The molecule has 0 saturated heterocycles. The first-order chi connectivity index (χ1) is 11.8. The van der Waals surface area contributed by atoms with Crippen molar-refractivity contribution in [2.24, 2.45) is 0 Å². The molecule has 0 aliphatic heterocycles. The average molecular weight is 368 g/mol. The molecule has 0 radical (unpaired) electrons. The summed E-state index contributed by atoms with van der Waals surface area (Å²) in [7, 11) is -2.37. The monoisotopic (exact) mass is 368 g/mol. The number of sulfonamides is 1. The van der Waals surface area contributed by atoms with Gasteiger partial charge in [-0.1, -0.05) is 19.3 Å². The van der Waals surface area contributed by atoms with Gasteiger partial charge in [0.1, 0.15) is 0 Å². The fourth-order valence-corrected chi connectivity index (χ4v) is 3.56. The van der Waals surface area contributed by atoms with E-state index in [9.17, 15) is 18.0 Å². The number of hydrazine groups is 1. The van der Waals surface area contributed by atoms with Gasteiger partial charge in [-0.2, -0.15) is 0 Å². The van der Waals surface area contributed by atoms with E-state index in [2.05, 4.69) is 20.9 Å². The zero-order valence-corrected chi connectivity index (χ0v) is 15.2. The van der Waals surface area contributed by atoms with Crippen molar-refractivity contribution in [2.45, 2.75) is 50.0 Å². The summed E-state index contributed by atoms with van der Waals surface area (Å²) in [6, 6.07) is 4.58. The van der Waals surface area contributed by atoms with Crippen LogP contribution in [0.1, 0.15) is 49.4 Å². The van der Waals surface area contributed by atoms with Gasteiger partial charge in [-0.3, -0.25) is 20.4 Å². The van der Waals surface area contributed by atoms with E-state index in [4.69, 9.17) is 0 Å². The standard InChI is InChI=1S/C16H24N4O4S/c1-11(21)19-20-16(22)14-10-13(25(23,24)17-2)8-9-15(14)18-12-6-4-3-5-7-12/h8-10,12,17-18H,3-7H2,1-2H3,(H,19,21)(H,20,22). The second-order valence-electron chi connectivity index (χ2n) is 6.03. The Bertz CT molecular complexity index is 743. The smallest absolute Gasteiger partial charge is 0.271 e. The Kier molecular flexibility index (Phi) is 6.38. The Hall–Kier alpha value is -2.13. The number of nitrogens with one attached hydrogen (secondary N) is 4. The Labute approximate surface area is 147 Å². The van der Waals surface area contributed by atoms with E-state index < -0.39 is 21.8 Å². The van der Waals surface area contributed by atoms with Crippen LogP contribution in [-0.2, 0) is 14.8 Å². The molecular formula is C16H24N4O4S. The minimum Gasteiger partial charge on any atom is -0.382 e. The van der Waals surface area contributed by atoms with Crippen LogP contribution in [0.5, 0.6) is 0 Å². The van der Waals surface area contributed by atoms with Gasteiger partial charge < -0.3 is 5.32 Å². The van der Waals surface area contributed by atoms with Crippen LogP contribution in [0.3, 0.4) is 0 Å². The van der Waals surface area contributed by atoms with Crippen LogP contribution in [0.25, 0.3) is 0 Å². The molecule has 9 heteroatoms. The lowest BCUT2D eigenvalue weighted by molar-refractivity contribution is -0.119. The third-order valence-corrected chi connectivity index (χ3v) is 5.54. The summed E-state index contributed by atoms with van der Waals surface area (Å²) in [6.45, 7) is 1.27. The quantitative estimate of drug-likeness (QED) is 0.581. The molecule has 1 fully saturated rings. The van der Waals surface area contributed by atoms with E-state index in [1.54, 1.807) is 6.07 Å². The lowest BCUT2D eigenvalue weighted by Crippen LogP contribution is -2.40. The van der Waals surface area contributed by atoms with Gasteiger partial charge in [0.25, 0.3) is 5.91 Å². The van der Waals surface area contributed by atoms with E-state index in [1.165, 1.54) is 32.5 Å². The average Bonchev–Trinajstić information content (AvgIpc) is 2.60. The molecule has 0 heterocycles. The van der Waals surface area contributed by atoms with Gasteiger partial charge in [0, 0.05) is 18.7 Å². The number of hydrogen-bond donors (Lipinski definition) is 4. The molecule has 0 unspecified atom stereocenters. The molecule has 0 spiro atoms. The van der Waals surface area contributed by atoms with Crippen LogP contribution in [0.2, 0.25) is 0 Å². The summed E-state index contributed by atoms with van der Waals surface area (Å²) >= 11 is 0. The normalized spacial score (nSPS) is 15.4. The van der Waals surface area contributed by atoms with Crippen LogP contribution in [0, 0.1) is 0 Å². The summed E-state index contributed by atoms with van der Waals surface area (Å²) in [5.74, 6) is -1.00. The summed E-state index contributed by atoms with van der Waals surface area (Å²) < 4.78 is 26.2. The molecule has 1 saturated carbocycles. The molecule has 8 nitrogen and oxygen atoms in total. The van der Waals surface area contributed by atoms with Gasteiger partial charge >= 0.3 is 0 Å². The van der Waals surface area contributed by atoms with Crippen molar-refractivity contribution in [1.82, 2.24) is 15.6 Å². The van der Waals surface area contributed by atoms with E-state index in [-0.39, 0.29) is 16.5 Å². The molecule has 1 aromatic carbocycles. The summed E-state index contributed by atoms with van der Waals surface area (Å²) in [4.78, 5) is 23.4. The molecule has 1 aromatic rings. The minimum atomic E-state index is -3.68. The van der Waals surface area contributed by atoms with Crippen molar-refractivity contribution in [1.29, 1.82) is 0 Å². The number of carbonyl (C=O) groups excluding carboxylic acids is 2. The van der Waals surface area contributed by atoms with E-state index in [0.29, 0.717) is 5.69 Å². The molecule has 4 N–H and O–H groups in total. The van der Waals surface area contributed by atoms with Crippen LogP contribution >= 0.6 is 0 Å². The van der Waals surface area contributed by atoms with Gasteiger partial charge in [-0.15, -0.1) is 0 Å². The lowest BCUT2D eigenvalue weighted by atomic mass is 9.95. The third kappa shape index (κ3) is 5.17. The van der Waals surface area contributed by atoms with Crippen LogP contribution in [0.15, 0.2) is 23.1 Å². The number of amides is 2. The zero-order valence-electron chi connectivity index (χ0n) is 14.4. The Morgan fingerprint density at radius 2 is 1.76 bits per heavy atom. The van der Waals surface area contributed by atoms with Crippen molar-refractivity contribution >= 4 is 27.5 Å². The first kappa shape index (κ1) is 19.2. The van der Waals surface area contributed by atoms with Crippen molar-refractivity contribution in [3.05, 3.63) is 23.8 Å². The zero-order chi connectivity index (χ0) is 18.4. The van der Waals surface area contributed by atoms with Crippen LogP contribution in [-0.4, -0.2) is 33.3 Å². The van der Waals surface area contributed by atoms with Gasteiger partial charge in [0.15, 0.2) is 0 Å². The fourth-order valence-electron chi connectivity index (χ4n) is 2.80. The minimum absolute atomic E-state index is 0.0165. The van der Waals surface area contributed by atoms with Crippen molar-refractivity contribution in [3.8, 4) is 0 Å².